The summed E-state index contributed by atoms with van der Waals surface area (Å²) in [5.41, 5.74) is 11.0. The summed E-state index contributed by atoms with van der Waals surface area (Å²) in [5, 5.41) is 12.4. The van der Waals surface area contributed by atoms with Crippen LogP contribution >= 0.6 is 11.3 Å². The number of hydrogen-bond acceptors (Lipinski definition) is 4. The number of fused-ring (bicyclic) bond motifs is 12. The summed E-state index contributed by atoms with van der Waals surface area (Å²) in [5.74, 6) is 1.94. The van der Waals surface area contributed by atoms with E-state index in [1.54, 1.807) is 0 Å². The number of aromatic nitrogens is 4. The average Bonchev–Trinajstić information content (AvgIpc) is 3.90. The SMILES string of the molecule is Cc1ccccc1-c1nc(-c2cccc(-c3ccc4c(c3)[nH]c3cc5sc6c(-c7ccccc7)cccc6c5cc34)c2)nc(-c2ccc3c4ccccc4c4ccccc4c3c2)n1. The molecule has 0 amide bonds. The Morgan fingerprint density at radius 2 is 0.873 bits per heavy atom. The van der Waals surface area contributed by atoms with Gasteiger partial charge in [0, 0.05) is 58.7 Å². The Hall–Kier alpha value is -7.99. The minimum atomic E-state index is 0.637. The van der Waals surface area contributed by atoms with Gasteiger partial charge in [-0.25, -0.2) is 15.0 Å². The first-order valence-corrected chi connectivity index (χ1v) is 22.2. The van der Waals surface area contributed by atoms with Gasteiger partial charge in [0.2, 0.25) is 0 Å². The third-order valence-corrected chi connectivity index (χ3v) is 14.0. The van der Waals surface area contributed by atoms with Crippen molar-refractivity contribution >= 4 is 85.6 Å². The van der Waals surface area contributed by atoms with Gasteiger partial charge in [0.25, 0.3) is 0 Å². The summed E-state index contributed by atoms with van der Waals surface area (Å²) < 4.78 is 2.61. The molecule has 13 aromatic rings. The number of aromatic amines is 1. The van der Waals surface area contributed by atoms with E-state index in [0.717, 1.165) is 44.4 Å². The Morgan fingerprint density at radius 3 is 1.65 bits per heavy atom. The van der Waals surface area contributed by atoms with Crippen molar-refractivity contribution in [2.24, 2.45) is 0 Å². The third-order valence-electron chi connectivity index (χ3n) is 12.8. The molecular formula is C58H36N4S. The molecule has 0 spiro atoms. The lowest BCUT2D eigenvalue weighted by molar-refractivity contribution is 1.07. The molecule has 0 saturated heterocycles. The average molecular weight is 821 g/mol. The van der Waals surface area contributed by atoms with Crippen LogP contribution in [0, 0.1) is 6.92 Å². The van der Waals surface area contributed by atoms with Gasteiger partial charge in [0.05, 0.1) is 0 Å². The van der Waals surface area contributed by atoms with Crippen molar-refractivity contribution in [2.45, 2.75) is 6.92 Å². The van der Waals surface area contributed by atoms with Crippen LogP contribution in [0.1, 0.15) is 5.56 Å². The minimum absolute atomic E-state index is 0.637. The molecule has 0 aliphatic carbocycles. The topological polar surface area (TPSA) is 54.5 Å². The first-order chi connectivity index (χ1) is 31.1. The number of thiophene rings is 1. The van der Waals surface area contributed by atoms with Crippen LogP contribution in [0.3, 0.4) is 0 Å². The standard InChI is InChI=1S/C58H36N4S/c1-34-13-5-6-18-40(34)58-61-56(60-57(62-58)39-26-27-46-44-21-8-7-19-42(44)43-20-9-10-22-45(43)49(46)30-39)38-17-11-16-36(29-38)37-25-28-47-50-32-51-48-24-12-23-41(35-14-3-2-4-15-35)55(48)63-54(51)33-53(50)59-52(47)31-37/h2-33,59H,1H3. The number of nitrogens with one attached hydrogen (secondary N) is 1. The quantitative estimate of drug-likeness (QED) is 0.176. The summed E-state index contributed by atoms with van der Waals surface area (Å²) in [4.78, 5) is 19.3. The van der Waals surface area contributed by atoms with Gasteiger partial charge in [-0.15, -0.1) is 11.3 Å². The van der Waals surface area contributed by atoms with E-state index in [4.69, 9.17) is 15.0 Å². The summed E-state index contributed by atoms with van der Waals surface area (Å²) >= 11 is 1.87. The number of nitrogens with zero attached hydrogens (tertiary/aromatic N) is 3. The van der Waals surface area contributed by atoms with Crippen molar-refractivity contribution in [3.8, 4) is 56.4 Å². The van der Waals surface area contributed by atoms with Crippen LogP contribution < -0.4 is 0 Å². The van der Waals surface area contributed by atoms with E-state index in [1.807, 2.05) is 17.4 Å². The molecular weight excluding hydrogens is 785 g/mol. The van der Waals surface area contributed by atoms with Gasteiger partial charge in [-0.1, -0.05) is 164 Å². The monoisotopic (exact) mass is 820 g/mol. The van der Waals surface area contributed by atoms with E-state index < -0.39 is 0 Å². The molecule has 0 unspecified atom stereocenters. The predicted octanol–water partition coefficient (Wildman–Crippen LogP) is 16.0. The zero-order chi connectivity index (χ0) is 41.6. The largest absolute Gasteiger partial charge is 0.354 e. The Labute approximate surface area is 366 Å². The van der Waals surface area contributed by atoms with Gasteiger partial charge < -0.3 is 4.98 Å². The van der Waals surface area contributed by atoms with E-state index in [9.17, 15) is 0 Å². The number of benzene rings is 10. The van der Waals surface area contributed by atoms with Crippen molar-refractivity contribution in [3.63, 3.8) is 0 Å². The summed E-state index contributed by atoms with van der Waals surface area (Å²) in [6.45, 7) is 2.11. The van der Waals surface area contributed by atoms with Crippen LogP contribution in [0.2, 0.25) is 0 Å². The van der Waals surface area contributed by atoms with Gasteiger partial charge in [0.15, 0.2) is 17.5 Å². The van der Waals surface area contributed by atoms with Crippen LogP contribution in [0.5, 0.6) is 0 Å². The highest BCUT2D eigenvalue weighted by molar-refractivity contribution is 7.26. The van der Waals surface area contributed by atoms with Crippen molar-refractivity contribution in [3.05, 3.63) is 200 Å². The van der Waals surface area contributed by atoms with Crippen molar-refractivity contribution in [1.29, 1.82) is 0 Å². The van der Waals surface area contributed by atoms with Gasteiger partial charge in [-0.3, -0.25) is 0 Å². The van der Waals surface area contributed by atoms with Crippen LogP contribution in [-0.2, 0) is 0 Å². The Bertz CT molecular complexity index is 3960. The smallest absolute Gasteiger partial charge is 0.164 e. The highest BCUT2D eigenvalue weighted by Crippen LogP contribution is 2.43. The molecule has 0 saturated carbocycles. The lowest BCUT2D eigenvalue weighted by Gasteiger charge is -2.13. The molecule has 13 rings (SSSR count). The number of aryl methyl sites for hydroxylation is 1. The van der Waals surface area contributed by atoms with Crippen molar-refractivity contribution < 1.29 is 0 Å². The molecule has 0 atom stereocenters. The van der Waals surface area contributed by atoms with Crippen LogP contribution in [0.15, 0.2) is 194 Å². The normalized spacial score (nSPS) is 11.9. The third kappa shape index (κ3) is 5.78. The molecule has 0 aliphatic rings. The van der Waals surface area contributed by atoms with Gasteiger partial charge in [-0.05, 0) is 97.4 Å². The summed E-state index contributed by atoms with van der Waals surface area (Å²) in [6.07, 6.45) is 0. The van der Waals surface area contributed by atoms with Crippen molar-refractivity contribution in [2.75, 3.05) is 0 Å². The molecule has 5 heteroatoms. The minimum Gasteiger partial charge on any atom is -0.354 e. The fourth-order valence-corrected chi connectivity index (χ4v) is 10.9. The first-order valence-electron chi connectivity index (χ1n) is 21.3. The fraction of sp³-hybridized carbons (Fsp3) is 0.0172. The second-order valence-corrected chi connectivity index (χ2v) is 17.5. The second kappa shape index (κ2) is 14.0. The molecule has 63 heavy (non-hydrogen) atoms. The van der Waals surface area contributed by atoms with Gasteiger partial charge >= 0.3 is 0 Å². The van der Waals surface area contributed by atoms with Crippen LogP contribution in [-0.4, -0.2) is 19.9 Å². The molecule has 1 N–H and O–H groups in total. The van der Waals surface area contributed by atoms with Crippen molar-refractivity contribution in [1.82, 2.24) is 19.9 Å². The lowest BCUT2D eigenvalue weighted by Crippen LogP contribution is -2.01. The van der Waals surface area contributed by atoms with Crippen LogP contribution in [0.25, 0.3) is 131 Å². The fourth-order valence-electron chi connectivity index (χ4n) is 9.69. The summed E-state index contributed by atoms with van der Waals surface area (Å²) in [7, 11) is 0. The Morgan fingerprint density at radius 1 is 0.333 bits per heavy atom. The Balaban J connectivity index is 0.922. The van der Waals surface area contributed by atoms with E-state index in [-0.39, 0.29) is 0 Å². The Kier molecular flexibility index (Phi) is 7.96. The predicted molar refractivity (Wildman–Crippen MR) is 267 cm³/mol. The maximum atomic E-state index is 5.23. The lowest BCUT2D eigenvalue weighted by atomic mass is 9.93. The summed E-state index contributed by atoms with van der Waals surface area (Å²) in [6, 6.07) is 69.7. The molecule has 0 fully saturated rings. The maximum absolute atomic E-state index is 5.23. The van der Waals surface area contributed by atoms with E-state index >= 15 is 0 Å². The molecule has 3 heterocycles. The van der Waals surface area contributed by atoms with Gasteiger partial charge in [0.1, 0.15) is 0 Å². The molecule has 3 aromatic heterocycles. The van der Waals surface area contributed by atoms with Gasteiger partial charge in [-0.2, -0.15) is 0 Å². The highest BCUT2D eigenvalue weighted by atomic mass is 32.1. The zero-order valence-electron chi connectivity index (χ0n) is 34.2. The number of H-pyrrole nitrogens is 1. The van der Waals surface area contributed by atoms with Crippen LogP contribution in [0.4, 0.5) is 0 Å². The molecule has 10 aromatic carbocycles. The molecule has 0 bridgehead atoms. The van der Waals surface area contributed by atoms with E-state index in [0.29, 0.717) is 17.5 Å². The first kappa shape index (κ1) is 35.7. The number of rotatable bonds is 5. The van der Waals surface area contributed by atoms with E-state index in [1.165, 1.54) is 74.4 Å². The zero-order valence-corrected chi connectivity index (χ0v) is 35.0. The highest BCUT2D eigenvalue weighted by Gasteiger charge is 2.18. The molecule has 0 radical (unpaired) electrons. The van der Waals surface area contributed by atoms with E-state index in [2.05, 4.69) is 200 Å². The molecule has 0 aliphatic heterocycles. The molecule has 4 nitrogen and oxygen atoms in total. The second-order valence-electron chi connectivity index (χ2n) is 16.5. The molecule has 294 valence electrons. The maximum Gasteiger partial charge on any atom is 0.164 e. The number of hydrogen-bond donors (Lipinski definition) is 1.